The van der Waals surface area contributed by atoms with Crippen LogP contribution in [-0.4, -0.2) is 22.5 Å². The number of halogens is 3. The second kappa shape index (κ2) is 6.58. The zero-order chi connectivity index (χ0) is 18.8. The molecule has 2 aromatic rings. The molecule has 0 aliphatic carbocycles. The van der Waals surface area contributed by atoms with Gasteiger partial charge in [-0.15, -0.1) is 0 Å². The highest BCUT2D eigenvalue weighted by Crippen LogP contribution is 2.30. The van der Waals surface area contributed by atoms with E-state index in [0.29, 0.717) is 0 Å². The Balaban J connectivity index is 2.32. The number of rotatable bonds is 5. The summed E-state index contributed by atoms with van der Waals surface area (Å²) >= 11 is 0. The van der Waals surface area contributed by atoms with Gasteiger partial charge in [0.15, 0.2) is 11.4 Å². The predicted molar refractivity (Wildman–Crippen MR) is 83.7 cm³/mol. The van der Waals surface area contributed by atoms with Crippen LogP contribution in [0, 0.1) is 0 Å². The van der Waals surface area contributed by atoms with Gasteiger partial charge in [0.05, 0.1) is 5.56 Å². The molecular weight excluding hydrogens is 337 g/mol. The maximum absolute atomic E-state index is 12.8. The lowest BCUT2D eigenvalue weighted by Crippen LogP contribution is -2.37. The minimum absolute atomic E-state index is 0.0954. The summed E-state index contributed by atoms with van der Waals surface area (Å²) < 4.78 is 43.7. The number of benzene rings is 2. The van der Waals surface area contributed by atoms with Crippen molar-refractivity contribution in [2.75, 3.05) is 0 Å². The Morgan fingerprint density at radius 3 is 2.08 bits per heavy atom. The van der Waals surface area contributed by atoms with Gasteiger partial charge >= 0.3 is 12.1 Å². The van der Waals surface area contributed by atoms with E-state index in [1.54, 1.807) is 0 Å². The number of ether oxygens (including phenoxy) is 1. The lowest BCUT2D eigenvalue weighted by molar-refractivity contribution is -0.152. The number of carboxylic acid groups (broad SMARTS) is 1. The molecule has 0 saturated carbocycles. The summed E-state index contributed by atoms with van der Waals surface area (Å²) in [6.07, 6.45) is -4.55. The fraction of sp³-hybridized carbons (Fsp3) is 0.222. The Labute approximate surface area is 141 Å². The molecule has 0 aliphatic heterocycles. The first kappa shape index (κ1) is 18.5. The molecular formula is C18H15F3O4. The minimum atomic E-state index is -4.55. The molecule has 1 N–H and O–H groups in total. The molecule has 0 heterocycles. The number of alkyl halides is 3. The van der Waals surface area contributed by atoms with Crippen molar-refractivity contribution in [2.45, 2.75) is 25.6 Å². The number of carbonyl (C=O) groups excluding carboxylic acids is 1. The number of aliphatic carboxylic acids is 1. The minimum Gasteiger partial charge on any atom is -0.478 e. The second-order valence-corrected chi connectivity index (χ2v) is 5.85. The summed E-state index contributed by atoms with van der Waals surface area (Å²) in [5, 5.41) is 9.07. The third kappa shape index (κ3) is 4.37. The second-order valence-electron chi connectivity index (χ2n) is 5.85. The molecule has 0 saturated heterocycles. The number of ketones is 1. The van der Waals surface area contributed by atoms with Gasteiger partial charge in [0.2, 0.25) is 0 Å². The van der Waals surface area contributed by atoms with Crippen molar-refractivity contribution in [3.8, 4) is 5.75 Å². The Kier molecular flexibility index (Phi) is 4.87. The van der Waals surface area contributed by atoms with Crippen molar-refractivity contribution >= 4 is 11.8 Å². The van der Waals surface area contributed by atoms with E-state index >= 15 is 0 Å². The van der Waals surface area contributed by atoms with E-state index < -0.39 is 29.1 Å². The number of carbonyl (C=O) groups is 2. The molecule has 0 spiro atoms. The Morgan fingerprint density at radius 2 is 1.52 bits per heavy atom. The molecule has 4 nitrogen and oxygen atoms in total. The van der Waals surface area contributed by atoms with Gasteiger partial charge in [0.25, 0.3) is 0 Å². The van der Waals surface area contributed by atoms with Crippen LogP contribution in [0.1, 0.15) is 35.3 Å². The molecule has 0 radical (unpaired) electrons. The van der Waals surface area contributed by atoms with Crippen molar-refractivity contribution in [2.24, 2.45) is 0 Å². The van der Waals surface area contributed by atoms with Gasteiger partial charge in [-0.3, -0.25) is 4.79 Å². The summed E-state index contributed by atoms with van der Waals surface area (Å²) in [6.45, 7) is 2.69. The lowest BCUT2D eigenvalue weighted by atomic mass is 10.0. The van der Waals surface area contributed by atoms with Crippen LogP contribution in [0.5, 0.6) is 5.75 Å². The fourth-order valence-electron chi connectivity index (χ4n) is 2.04. The molecule has 0 aliphatic rings. The van der Waals surface area contributed by atoms with Crippen molar-refractivity contribution in [3.63, 3.8) is 0 Å². The summed E-state index contributed by atoms with van der Waals surface area (Å²) in [6, 6.07) is 9.75. The number of carboxylic acids is 1. The first-order valence-electron chi connectivity index (χ1n) is 7.25. The molecule has 0 bridgehead atoms. The molecule has 0 unspecified atom stereocenters. The Bertz CT molecular complexity index is 810. The van der Waals surface area contributed by atoms with E-state index in [4.69, 9.17) is 9.84 Å². The van der Waals surface area contributed by atoms with E-state index in [-0.39, 0.29) is 16.9 Å². The van der Waals surface area contributed by atoms with E-state index in [2.05, 4.69) is 0 Å². The van der Waals surface area contributed by atoms with Crippen LogP contribution in [0.3, 0.4) is 0 Å². The van der Waals surface area contributed by atoms with Crippen LogP contribution in [0.2, 0.25) is 0 Å². The first-order chi connectivity index (χ1) is 11.5. The standard InChI is InChI=1S/C18H15F3O4/c1-17(2,16(23)24)25-14-8-4-6-12(10-14)15(22)11-5-3-7-13(9-11)18(19,20)21/h3-10H,1-2H3,(H,23,24). The van der Waals surface area contributed by atoms with Crippen LogP contribution in [0.25, 0.3) is 0 Å². The van der Waals surface area contributed by atoms with Gasteiger partial charge in [0, 0.05) is 11.1 Å². The molecule has 7 heteroatoms. The van der Waals surface area contributed by atoms with Gasteiger partial charge in [-0.25, -0.2) is 4.79 Å². The highest BCUT2D eigenvalue weighted by Gasteiger charge is 2.31. The molecule has 0 atom stereocenters. The van der Waals surface area contributed by atoms with Crippen LogP contribution in [0.4, 0.5) is 13.2 Å². The highest BCUT2D eigenvalue weighted by atomic mass is 19.4. The molecule has 2 aromatic carbocycles. The fourth-order valence-corrected chi connectivity index (χ4v) is 2.04. The number of hydrogen-bond acceptors (Lipinski definition) is 3. The molecule has 132 valence electrons. The van der Waals surface area contributed by atoms with Gasteiger partial charge in [0.1, 0.15) is 5.75 Å². The Morgan fingerprint density at radius 1 is 0.960 bits per heavy atom. The Hall–Kier alpha value is -2.83. The van der Waals surface area contributed by atoms with Crippen LogP contribution in [0.15, 0.2) is 48.5 Å². The zero-order valence-corrected chi connectivity index (χ0v) is 13.4. The van der Waals surface area contributed by atoms with Crippen LogP contribution >= 0.6 is 0 Å². The third-order valence-electron chi connectivity index (χ3n) is 3.44. The van der Waals surface area contributed by atoms with E-state index in [0.717, 1.165) is 18.2 Å². The SMILES string of the molecule is CC(C)(Oc1cccc(C(=O)c2cccc(C(F)(F)F)c2)c1)C(=O)O. The van der Waals surface area contributed by atoms with Gasteiger partial charge < -0.3 is 9.84 Å². The summed E-state index contributed by atoms with van der Waals surface area (Å²) in [7, 11) is 0. The first-order valence-corrected chi connectivity index (χ1v) is 7.25. The monoisotopic (exact) mass is 352 g/mol. The summed E-state index contributed by atoms with van der Waals surface area (Å²) in [5.41, 5.74) is -2.46. The summed E-state index contributed by atoms with van der Waals surface area (Å²) in [5.74, 6) is -1.68. The van der Waals surface area contributed by atoms with Crippen LogP contribution < -0.4 is 4.74 Å². The van der Waals surface area contributed by atoms with Gasteiger partial charge in [-0.2, -0.15) is 13.2 Å². The highest BCUT2D eigenvalue weighted by molar-refractivity contribution is 6.09. The third-order valence-corrected chi connectivity index (χ3v) is 3.44. The average Bonchev–Trinajstić information content (AvgIpc) is 2.53. The van der Waals surface area contributed by atoms with Crippen LogP contribution in [-0.2, 0) is 11.0 Å². The molecule has 0 fully saturated rings. The zero-order valence-electron chi connectivity index (χ0n) is 13.4. The maximum Gasteiger partial charge on any atom is 0.416 e. The predicted octanol–water partition coefficient (Wildman–Crippen LogP) is 4.18. The smallest absolute Gasteiger partial charge is 0.416 e. The maximum atomic E-state index is 12.8. The quantitative estimate of drug-likeness (QED) is 0.820. The van der Waals surface area contributed by atoms with Crippen molar-refractivity contribution in [1.29, 1.82) is 0 Å². The molecule has 0 amide bonds. The van der Waals surface area contributed by atoms with E-state index in [1.807, 2.05) is 0 Å². The normalized spacial score (nSPS) is 11.9. The topological polar surface area (TPSA) is 63.6 Å². The van der Waals surface area contributed by atoms with Gasteiger partial charge in [-0.1, -0.05) is 24.3 Å². The largest absolute Gasteiger partial charge is 0.478 e. The summed E-state index contributed by atoms with van der Waals surface area (Å²) in [4.78, 5) is 23.5. The van der Waals surface area contributed by atoms with E-state index in [9.17, 15) is 22.8 Å². The van der Waals surface area contributed by atoms with Gasteiger partial charge in [-0.05, 0) is 38.1 Å². The van der Waals surface area contributed by atoms with E-state index in [1.165, 1.54) is 44.2 Å². The molecule has 0 aromatic heterocycles. The molecule has 25 heavy (non-hydrogen) atoms. The molecule has 2 rings (SSSR count). The lowest BCUT2D eigenvalue weighted by Gasteiger charge is -2.21. The average molecular weight is 352 g/mol. The van der Waals surface area contributed by atoms with Crippen molar-refractivity contribution in [1.82, 2.24) is 0 Å². The number of hydrogen-bond donors (Lipinski definition) is 1. The van der Waals surface area contributed by atoms with Crippen molar-refractivity contribution < 1.29 is 32.6 Å². The van der Waals surface area contributed by atoms with Crippen molar-refractivity contribution in [3.05, 3.63) is 65.2 Å².